The maximum absolute atomic E-state index is 12.0. The van der Waals surface area contributed by atoms with E-state index < -0.39 is 16.7 Å². The van der Waals surface area contributed by atoms with Crippen molar-refractivity contribution in [2.75, 3.05) is 13.2 Å². The lowest BCUT2D eigenvalue weighted by molar-refractivity contribution is -0.384. The molecule has 1 aromatic heterocycles. The topological polar surface area (TPSA) is 136 Å². The number of rotatable bonds is 9. The third kappa shape index (κ3) is 6.51. The predicted molar refractivity (Wildman–Crippen MR) is 129 cm³/mol. The zero-order valence-corrected chi connectivity index (χ0v) is 19.9. The summed E-state index contributed by atoms with van der Waals surface area (Å²) in [5, 5.41) is 17.1. The molecule has 0 aliphatic carbocycles. The first-order valence-corrected chi connectivity index (χ1v) is 10.9. The van der Waals surface area contributed by atoms with E-state index in [4.69, 9.17) is 9.15 Å². The van der Waals surface area contributed by atoms with Gasteiger partial charge in [0.25, 0.3) is 17.5 Å². The van der Waals surface area contributed by atoms with Crippen molar-refractivity contribution >= 4 is 39.6 Å². The molecule has 0 aliphatic rings. The van der Waals surface area contributed by atoms with Gasteiger partial charge in [-0.2, -0.15) is 5.10 Å². The molecule has 11 heteroatoms. The van der Waals surface area contributed by atoms with Gasteiger partial charge in [-0.15, -0.1) is 0 Å². The van der Waals surface area contributed by atoms with E-state index in [1.807, 2.05) is 32.0 Å². The van der Waals surface area contributed by atoms with Crippen LogP contribution in [0.5, 0.6) is 5.75 Å². The zero-order chi connectivity index (χ0) is 24.7. The Morgan fingerprint density at radius 2 is 1.88 bits per heavy atom. The number of hydrazone groups is 1. The molecule has 0 saturated heterocycles. The summed E-state index contributed by atoms with van der Waals surface area (Å²) in [6, 6.07) is 13.3. The molecule has 2 aromatic carbocycles. The minimum Gasteiger partial charge on any atom is -0.483 e. The summed E-state index contributed by atoms with van der Waals surface area (Å²) in [5.41, 5.74) is 4.71. The van der Waals surface area contributed by atoms with Gasteiger partial charge in [-0.25, -0.2) is 5.43 Å². The van der Waals surface area contributed by atoms with Crippen molar-refractivity contribution in [1.82, 2.24) is 10.7 Å². The van der Waals surface area contributed by atoms with Crippen molar-refractivity contribution in [1.29, 1.82) is 0 Å². The predicted octanol–water partition coefficient (Wildman–Crippen LogP) is 3.88. The van der Waals surface area contributed by atoms with E-state index >= 15 is 0 Å². The van der Waals surface area contributed by atoms with Crippen LogP contribution in [0.15, 0.2) is 62.5 Å². The zero-order valence-electron chi connectivity index (χ0n) is 18.3. The SMILES string of the molecule is Cc1cccc(C)c1OCC(=O)NCC(=O)N/N=C\c1ccc(-c2ccc([N+](=O)[O-])cc2Br)o1. The number of benzene rings is 2. The second-order valence-electron chi connectivity index (χ2n) is 7.20. The van der Waals surface area contributed by atoms with Gasteiger partial charge in [-0.3, -0.25) is 19.7 Å². The Morgan fingerprint density at radius 1 is 1.15 bits per heavy atom. The molecule has 2 N–H and O–H groups in total. The van der Waals surface area contributed by atoms with E-state index in [9.17, 15) is 19.7 Å². The fourth-order valence-corrected chi connectivity index (χ4v) is 3.55. The monoisotopic (exact) mass is 528 g/mol. The van der Waals surface area contributed by atoms with Crippen LogP contribution in [0.1, 0.15) is 16.9 Å². The van der Waals surface area contributed by atoms with Crippen molar-refractivity contribution in [3.05, 3.63) is 80.0 Å². The summed E-state index contributed by atoms with van der Waals surface area (Å²) in [5.74, 6) is 0.496. The minimum absolute atomic E-state index is 0.0457. The van der Waals surface area contributed by atoms with Gasteiger partial charge in [0.1, 0.15) is 17.3 Å². The maximum Gasteiger partial charge on any atom is 0.270 e. The molecule has 1 heterocycles. The quantitative estimate of drug-likeness (QED) is 0.245. The third-order valence-corrected chi connectivity index (χ3v) is 5.30. The summed E-state index contributed by atoms with van der Waals surface area (Å²) in [6.07, 6.45) is 1.30. The van der Waals surface area contributed by atoms with E-state index in [0.29, 0.717) is 27.3 Å². The Hall–Kier alpha value is -3.99. The van der Waals surface area contributed by atoms with Crippen molar-refractivity contribution in [2.24, 2.45) is 5.10 Å². The largest absolute Gasteiger partial charge is 0.483 e. The number of ether oxygens (including phenoxy) is 1. The molecule has 0 saturated carbocycles. The molecular formula is C23H21BrN4O6. The Labute approximate surface area is 203 Å². The average Bonchev–Trinajstić information content (AvgIpc) is 3.25. The molecule has 176 valence electrons. The van der Waals surface area contributed by atoms with Crippen molar-refractivity contribution in [3.8, 4) is 17.1 Å². The summed E-state index contributed by atoms with van der Waals surface area (Å²) in [6.45, 7) is 3.29. The van der Waals surface area contributed by atoms with Gasteiger partial charge < -0.3 is 14.5 Å². The lowest BCUT2D eigenvalue weighted by Crippen LogP contribution is -2.37. The standard InChI is InChI=1S/C23H21BrN4O6/c1-14-4-3-5-15(2)23(14)33-13-22(30)25-12-21(29)27-26-11-17-7-9-20(34-17)18-8-6-16(28(31)32)10-19(18)24/h3-11H,12-13H2,1-2H3,(H,25,30)(H,27,29)/b26-11-. The first-order valence-electron chi connectivity index (χ1n) is 10.1. The van der Waals surface area contributed by atoms with Gasteiger partial charge in [0, 0.05) is 22.2 Å². The van der Waals surface area contributed by atoms with Gasteiger partial charge in [0.2, 0.25) is 0 Å². The summed E-state index contributed by atoms with van der Waals surface area (Å²) < 4.78 is 11.7. The van der Waals surface area contributed by atoms with E-state index in [1.165, 1.54) is 18.3 Å². The third-order valence-electron chi connectivity index (χ3n) is 4.64. The average molecular weight is 529 g/mol. The number of non-ortho nitro benzene ring substituents is 1. The molecule has 3 aromatic rings. The van der Waals surface area contributed by atoms with Crippen LogP contribution in [0.4, 0.5) is 5.69 Å². The van der Waals surface area contributed by atoms with Gasteiger partial charge in [0.05, 0.1) is 17.7 Å². The first kappa shape index (κ1) is 24.6. The number of nitrogens with one attached hydrogen (secondary N) is 2. The molecule has 0 spiro atoms. The highest BCUT2D eigenvalue weighted by Crippen LogP contribution is 2.32. The van der Waals surface area contributed by atoms with Crippen LogP contribution in [0.3, 0.4) is 0 Å². The van der Waals surface area contributed by atoms with Crippen LogP contribution in [-0.4, -0.2) is 36.1 Å². The van der Waals surface area contributed by atoms with Crippen LogP contribution in [0, 0.1) is 24.0 Å². The maximum atomic E-state index is 12.0. The normalized spacial score (nSPS) is 10.8. The summed E-state index contributed by atoms with van der Waals surface area (Å²) in [7, 11) is 0. The Kier molecular flexibility index (Phi) is 8.14. The highest BCUT2D eigenvalue weighted by atomic mass is 79.9. The number of nitro benzene ring substituents is 1. The molecule has 0 radical (unpaired) electrons. The van der Waals surface area contributed by atoms with Gasteiger partial charge in [-0.05, 0) is 59.1 Å². The number of hydrogen-bond donors (Lipinski definition) is 2. The van der Waals surface area contributed by atoms with E-state index in [2.05, 4.69) is 31.8 Å². The second-order valence-corrected chi connectivity index (χ2v) is 8.06. The van der Waals surface area contributed by atoms with E-state index in [0.717, 1.165) is 11.1 Å². The molecule has 0 unspecified atom stereocenters. The number of para-hydroxylation sites is 1. The first-order chi connectivity index (χ1) is 16.2. The number of carbonyl (C=O) groups excluding carboxylic acids is 2. The molecule has 0 atom stereocenters. The fraction of sp³-hybridized carbons (Fsp3) is 0.174. The number of nitrogens with zero attached hydrogens (tertiary/aromatic N) is 2. The van der Waals surface area contributed by atoms with Crippen LogP contribution in [0.2, 0.25) is 0 Å². The highest BCUT2D eigenvalue weighted by molar-refractivity contribution is 9.10. The molecule has 10 nitrogen and oxygen atoms in total. The number of carbonyl (C=O) groups is 2. The van der Waals surface area contributed by atoms with Gasteiger partial charge in [0.15, 0.2) is 6.61 Å². The Balaban J connectivity index is 1.46. The van der Waals surface area contributed by atoms with Crippen LogP contribution < -0.4 is 15.5 Å². The number of hydrogen-bond acceptors (Lipinski definition) is 7. The molecular weight excluding hydrogens is 508 g/mol. The number of nitro groups is 1. The fourth-order valence-electron chi connectivity index (χ4n) is 2.99. The molecule has 0 fully saturated rings. The number of amides is 2. The number of furan rings is 1. The van der Waals surface area contributed by atoms with E-state index in [-0.39, 0.29) is 18.8 Å². The molecule has 34 heavy (non-hydrogen) atoms. The smallest absolute Gasteiger partial charge is 0.270 e. The highest BCUT2D eigenvalue weighted by Gasteiger charge is 2.13. The molecule has 2 amide bonds. The van der Waals surface area contributed by atoms with Gasteiger partial charge in [-0.1, -0.05) is 18.2 Å². The van der Waals surface area contributed by atoms with Crippen LogP contribution in [-0.2, 0) is 9.59 Å². The van der Waals surface area contributed by atoms with Crippen LogP contribution >= 0.6 is 15.9 Å². The Morgan fingerprint density at radius 3 is 2.56 bits per heavy atom. The second kappa shape index (κ2) is 11.2. The lowest BCUT2D eigenvalue weighted by atomic mass is 10.1. The van der Waals surface area contributed by atoms with Crippen molar-refractivity contribution in [3.63, 3.8) is 0 Å². The van der Waals surface area contributed by atoms with E-state index in [1.54, 1.807) is 18.2 Å². The number of halogens is 1. The lowest BCUT2D eigenvalue weighted by Gasteiger charge is -2.11. The Bertz CT molecular complexity index is 1230. The summed E-state index contributed by atoms with van der Waals surface area (Å²) >= 11 is 3.29. The van der Waals surface area contributed by atoms with Crippen LogP contribution in [0.25, 0.3) is 11.3 Å². The molecule has 0 aliphatic heterocycles. The molecule has 0 bridgehead atoms. The van der Waals surface area contributed by atoms with Crippen molar-refractivity contribution in [2.45, 2.75) is 13.8 Å². The summed E-state index contributed by atoms with van der Waals surface area (Å²) in [4.78, 5) is 34.2. The molecule has 3 rings (SSSR count). The minimum atomic E-state index is -0.526. The number of aryl methyl sites for hydroxylation is 2. The van der Waals surface area contributed by atoms with Gasteiger partial charge >= 0.3 is 0 Å². The van der Waals surface area contributed by atoms with Crippen molar-refractivity contribution < 1.29 is 23.7 Å².